The molecular formula is C18H20O6. The third-order valence-corrected chi connectivity index (χ3v) is 3.43. The Labute approximate surface area is 140 Å². The first kappa shape index (κ1) is 17.3. The lowest BCUT2D eigenvalue weighted by Gasteiger charge is -2.12. The monoisotopic (exact) mass is 332 g/mol. The molecule has 0 aliphatic heterocycles. The molecule has 0 heterocycles. The van der Waals surface area contributed by atoms with Gasteiger partial charge < -0.3 is 29.2 Å². The van der Waals surface area contributed by atoms with Crippen LogP contribution < -0.4 is 18.9 Å². The summed E-state index contributed by atoms with van der Waals surface area (Å²) < 4.78 is 20.8. The van der Waals surface area contributed by atoms with Crippen LogP contribution in [0, 0.1) is 0 Å². The molecule has 2 N–H and O–H groups in total. The summed E-state index contributed by atoms with van der Waals surface area (Å²) in [6.45, 7) is 0. The molecule has 0 aliphatic carbocycles. The van der Waals surface area contributed by atoms with E-state index in [1.54, 1.807) is 45.6 Å². The van der Waals surface area contributed by atoms with Crippen LogP contribution in [-0.2, 0) is 0 Å². The van der Waals surface area contributed by atoms with Crippen LogP contribution in [-0.4, -0.2) is 38.7 Å². The number of hydrogen-bond acceptors (Lipinski definition) is 6. The van der Waals surface area contributed by atoms with Crippen LogP contribution in [0.15, 0.2) is 24.3 Å². The minimum Gasteiger partial charge on any atom is -0.504 e. The van der Waals surface area contributed by atoms with Crippen LogP contribution in [0.3, 0.4) is 0 Å². The molecule has 0 atom stereocenters. The number of aromatic hydroxyl groups is 2. The van der Waals surface area contributed by atoms with Gasteiger partial charge in [0.1, 0.15) is 0 Å². The van der Waals surface area contributed by atoms with E-state index in [0.29, 0.717) is 22.8 Å². The number of methoxy groups -OCH3 is 4. The maximum Gasteiger partial charge on any atom is 0.203 e. The highest BCUT2D eigenvalue weighted by atomic mass is 16.5. The molecule has 2 aromatic rings. The van der Waals surface area contributed by atoms with Gasteiger partial charge in [0.05, 0.1) is 28.4 Å². The maximum absolute atomic E-state index is 9.83. The number of phenols is 2. The first-order valence-corrected chi connectivity index (χ1v) is 7.12. The molecular weight excluding hydrogens is 312 g/mol. The Hall–Kier alpha value is -3.02. The molecule has 0 fully saturated rings. The summed E-state index contributed by atoms with van der Waals surface area (Å²) in [6, 6.07) is 6.57. The second kappa shape index (κ2) is 7.50. The van der Waals surface area contributed by atoms with Gasteiger partial charge in [-0.3, -0.25) is 0 Å². The summed E-state index contributed by atoms with van der Waals surface area (Å²) in [4.78, 5) is 0. The molecule has 128 valence electrons. The van der Waals surface area contributed by atoms with Crippen molar-refractivity contribution in [1.82, 2.24) is 0 Å². The van der Waals surface area contributed by atoms with Gasteiger partial charge in [0.15, 0.2) is 23.0 Å². The Morgan fingerprint density at radius 2 is 1.04 bits per heavy atom. The second-order valence-corrected chi connectivity index (χ2v) is 4.88. The van der Waals surface area contributed by atoms with E-state index >= 15 is 0 Å². The highest BCUT2D eigenvalue weighted by Crippen LogP contribution is 2.39. The van der Waals surface area contributed by atoms with E-state index in [1.807, 2.05) is 0 Å². The predicted molar refractivity (Wildman–Crippen MR) is 91.3 cm³/mol. The minimum absolute atomic E-state index is 0.0416. The normalized spacial score (nSPS) is 10.7. The van der Waals surface area contributed by atoms with Crippen molar-refractivity contribution in [2.75, 3.05) is 28.4 Å². The zero-order chi connectivity index (χ0) is 17.7. The molecule has 2 aromatic carbocycles. The average molecular weight is 332 g/mol. The van der Waals surface area contributed by atoms with E-state index in [-0.39, 0.29) is 17.2 Å². The van der Waals surface area contributed by atoms with Crippen molar-refractivity contribution in [1.29, 1.82) is 0 Å². The third-order valence-electron chi connectivity index (χ3n) is 3.43. The lowest BCUT2D eigenvalue weighted by molar-refractivity contribution is 0.324. The molecule has 0 aromatic heterocycles. The molecule has 6 nitrogen and oxygen atoms in total. The Morgan fingerprint density at radius 3 is 1.42 bits per heavy atom. The predicted octanol–water partition coefficient (Wildman–Crippen LogP) is 3.30. The molecule has 0 aliphatic rings. The van der Waals surface area contributed by atoms with Crippen molar-refractivity contribution < 1.29 is 29.2 Å². The van der Waals surface area contributed by atoms with Gasteiger partial charge >= 0.3 is 0 Å². The Morgan fingerprint density at radius 1 is 0.625 bits per heavy atom. The van der Waals surface area contributed by atoms with Crippen LogP contribution in [0.4, 0.5) is 0 Å². The fourth-order valence-electron chi connectivity index (χ4n) is 2.32. The minimum atomic E-state index is -0.137. The van der Waals surface area contributed by atoms with Gasteiger partial charge in [0.2, 0.25) is 11.5 Å². The fraction of sp³-hybridized carbons (Fsp3) is 0.222. The number of benzene rings is 2. The van der Waals surface area contributed by atoms with E-state index in [4.69, 9.17) is 18.9 Å². The molecule has 0 radical (unpaired) electrons. The van der Waals surface area contributed by atoms with Gasteiger partial charge in [-0.25, -0.2) is 0 Å². The van der Waals surface area contributed by atoms with E-state index in [0.717, 1.165) is 5.56 Å². The third kappa shape index (κ3) is 3.48. The van der Waals surface area contributed by atoms with Crippen molar-refractivity contribution in [2.45, 2.75) is 0 Å². The van der Waals surface area contributed by atoms with Gasteiger partial charge in [0.25, 0.3) is 0 Å². The quantitative estimate of drug-likeness (QED) is 0.790. The smallest absolute Gasteiger partial charge is 0.203 e. The van der Waals surface area contributed by atoms with Crippen molar-refractivity contribution in [3.05, 3.63) is 35.4 Å². The lowest BCUT2D eigenvalue weighted by Crippen LogP contribution is -1.95. The van der Waals surface area contributed by atoms with Crippen molar-refractivity contribution in [2.24, 2.45) is 0 Å². The summed E-state index contributed by atoms with van der Waals surface area (Å²) >= 11 is 0. The number of ether oxygens (including phenoxy) is 4. The maximum atomic E-state index is 9.83. The van der Waals surface area contributed by atoms with Crippen LogP contribution in [0.2, 0.25) is 0 Å². The van der Waals surface area contributed by atoms with E-state index in [9.17, 15) is 10.2 Å². The molecule has 0 saturated heterocycles. The molecule has 0 amide bonds. The summed E-state index contributed by atoms with van der Waals surface area (Å²) in [6.07, 6.45) is 3.53. The van der Waals surface area contributed by atoms with Crippen molar-refractivity contribution in [3.63, 3.8) is 0 Å². The largest absolute Gasteiger partial charge is 0.504 e. The van der Waals surface area contributed by atoms with E-state index in [2.05, 4.69) is 0 Å². The lowest BCUT2D eigenvalue weighted by atomic mass is 10.1. The molecule has 0 unspecified atom stereocenters. The van der Waals surface area contributed by atoms with Crippen molar-refractivity contribution >= 4 is 12.2 Å². The van der Waals surface area contributed by atoms with E-state index < -0.39 is 0 Å². The zero-order valence-electron chi connectivity index (χ0n) is 14.0. The summed E-state index contributed by atoms with van der Waals surface area (Å²) in [5.74, 6) is 1.36. The van der Waals surface area contributed by atoms with Crippen LogP contribution >= 0.6 is 0 Å². The summed E-state index contributed by atoms with van der Waals surface area (Å²) in [5.41, 5.74) is 1.42. The number of hydrogen-bond donors (Lipinski definition) is 2. The molecule has 0 bridgehead atoms. The first-order valence-electron chi connectivity index (χ1n) is 7.12. The topological polar surface area (TPSA) is 77.4 Å². The number of phenolic OH excluding ortho intramolecular Hbond substituents is 2. The van der Waals surface area contributed by atoms with Crippen LogP contribution in [0.1, 0.15) is 11.1 Å². The highest BCUT2D eigenvalue weighted by molar-refractivity contribution is 5.74. The van der Waals surface area contributed by atoms with Gasteiger partial charge in [-0.1, -0.05) is 12.2 Å². The first-order chi connectivity index (χ1) is 11.5. The molecule has 2 rings (SSSR count). The second-order valence-electron chi connectivity index (χ2n) is 4.88. The van der Waals surface area contributed by atoms with Crippen LogP contribution in [0.5, 0.6) is 34.5 Å². The summed E-state index contributed by atoms with van der Waals surface area (Å²) in [7, 11) is 6.01. The van der Waals surface area contributed by atoms with E-state index in [1.165, 1.54) is 19.2 Å². The number of rotatable bonds is 6. The van der Waals surface area contributed by atoms with Gasteiger partial charge in [0, 0.05) is 0 Å². The fourth-order valence-corrected chi connectivity index (χ4v) is 2.32. The zero-order valence-corrected chi connectivity index (χ0v) is 14.0. The summed E-state index contributed by atoms with van der Waals surface area (Å²) in [5, 5.41) is 19.7. The Kier molecular flexibility index (Phi) is 5.42. The molecule has 24 heavy (non-hydrogen) atoms. The van der Waals surface area contributed by atoms with Gasteiger partial charge in [-0.15, -0.1) is 0 Å². The SMILES string of the molecule is COc1cc(/C=C/c2cc(O)c(OC)c(O)c2)cc(OC)c1OC. The van der Waals surface area contributed by atoms with Gasteiger partial charge in [-0.2, -0.15) is 0 Å². The highest BCUT2D eigenvalue weighted by Gasteiger charge is 2.12. The average Bonchev–Trinajstić information content (AvgIpc) is 2.58. The molecule has 0 saturated carbocycles. The van der Waals surface area contributed by atoms with Gasteiger partial charge in [-0.05, 0) is 35.4 Å². The Bertz CT molecular complexity index is 703. The Balaban J connectivity index is 2.39. The molecule has 6 heteroatoms. The standard InChI is InChI=1S/C18H20O6/c1-21-15-9-12(10-16(22-2)18(15)24-4)6-5-11-7-13(19)17(23-3)14(20)8-11/h5-10,19-20H,1-4H3/b6-5+. The van der Waals surface area contributed by atoms with Crippen LogP contribution in [0.25, 0.3) is 12.2 Å². The molecule has 0 spiro atoms. The van der Waals surface area contributed by atoms with Crippen molar-refractivity contribution in [3.8, 4) is 34.5 Å².